The molecule has 0 radical (unpaired) electrons. The summed E-state index contributed by atoms with van der Waals surface area (Å²) in [6.07, 6.45) is -1.15. The molecule has 0 heterocycles. The summed E-state index contributed by atoms with van der Waals surface area (Å²) in [6, 6.07) is 15.8. The van der Waals surface area contributed by atoms with Crippen LogP contribution in [0, 0.1) is 0 Å². The first kappa shape index (κ1) is 27.4. The molecule has 2 aromatic rings. The molecule has 2 rings (SSSR count). The van der Waals surface area contributed by atoms with Crippen LogP contribution in [0.2, 0.25) is 0 Å². The van der Waals surface area contributed by atoms with Gasteiger partial charge < -0.3 is 24.8 Å². The highest BCUT2D eigenvalue weighted by molar-refractivity contribution is 5.90. The van der Waals surface area contributed by atoms with Crippen LogP contribution in [0.3, 0.4) is 0 Å². The van der Waals surface area contributed by atoms with Crippen molar-refractivity contribution in [2.75, 3.05) is 7.11 Å². The highest BCUT2D eigenvalue weighted by Crippen LogP contribution is 2.12. The molecule has 0 bridgehead atoms. The maximum Gasteiger partial charge on any atom is 0.408 e. The Hall–Kier alpha value is -3.88. The van der Waals surface area contributed by atoms with Crippen molar-refractivity contribution in [1.29, 1.82) is 0 Å². The average molecular weight is 485 g/mol. The molecule has 9 nitrogen and oxygen atoms in total. The van der Waals surface area contributed by atoms with Gasteiger partial charge in [-0.3, -0.25) is 4.79 Å². The van der Waals surface area contributed by atoms with Crippen LogP contribution in [-0.4, -0.2) is 48.7 Å². The minimum absolute atomic E-state index is 0.00937. The maximum absolute atomic E-state index is 12.8. The third-order valence-electron chi connectivity index (χ3n) is 4.69. The first-order valence-corrected chi connectivity index (χ1v) is 11.2. The summed E-state index contributed by atoms with van der Waals surface area (Å²) in [7, 11) is 1.14. The summed E-state index contributed by atoms with van der Waals surface area (Å²) < 4.78 is 15.3. The van der Waals surface area contributed by atoms with Crippen LogP contribution < -0.4 is 10.6 Å². The van der Waals surface area contributed by atoms with Gasteiger partial charge in [0, 0.05) is 6.42 Å². The highest BCUT2D eigenvalue weighted by Gasteiger charge is 2.30. The van der Waals surface area contributed by atoms with Gasteiger partial charge in [-0.15, -0.1) is 0 Å². The van der Waals surface area contributed by atoms with Gasteiger partial charge in [0.25, 0.3) is 0 Å². The van der Waals surface area contributed by atoms with Crippen LogP contribution in [0.1, 0.15) is 38.3 Å². The van der Waals surface area contributed by atoms with E-state index in [1.807, 2.05) is 36.4 Å². The predicted octanol–water partition coefficient (Wildman–Crippen LogP) is 2.91. The van der Waals surface area contributed by atoms with E-state index in [0.29, 0.717) is 0 Å². The molecule has 35 heavy (non-hydrogen) atoms. The smallest absolute Gasteiger partial charge is 0.408 e. The van der Waals surface area contributed by atoms with Crippen LogP contribution in [0.5, 0.6) is 0 Å². The molecule has 0 aliphatic carbocycles. The number of benzene rings is 2. The number of carbonyl (C=O) groups is 4. The Labute approximate surface area is 205 Å². The molecule has 0 aromatic heterocycles. The van der Waals surface area contributed by atoms with Crippen LogP contribution in [0.4, 0.5) is 4.79 Å². The summed E-state index contributed by atoms with van der Waals surface area (Å²) in [5.41, 5.74) is 0.821. The van der Waals surface area contributed by atoms with E-state index in [1.165, 1.54) is 0 Å². The second kappa shape index (κ2) is 13.1. The molecule has 0 aliphatic rings. The van der Waals surface area contributed by atoms with E-state index in [0.717, 1.165) is 18.2 Å². The number of alkyl carbamates (subject to hydrolysis) is 1. The Kier molecular flexibility index (Phi) is 10.3. The largest absolute Gasteiger partial charge is 0.467 e. The average Bonchev–Trinajstić information content (AvgIpc) is 2.81. The van der Waals surface area contributed by atoms with Crippen molar-refractivity contribution in [3.8, 4) is 0 Å². The quantitative estimate of drug-likeness (QED) is 0.393. The summed E-state index contributed by atoms with van der Waals surface area (Å²) >= 11 is 0. The monoisotopic (exact) mass is 484 g/mol. The van der Waals surface area contributed by atoms with Crippen LogP contribution in [0.15, 0.2) is 60.7 Å². The highest BCUT2D eigenvalue weighted by atomic mass is 16.6. The molecule has 2 N–H and O–H groups in total. The molecule has 0 fully saturated rings. The normalized spacial score (nSPS) is 12.6. The molecule has 9 heteroatoms. The van der Waals surface area contributed by atoms with Crippen molar-refractivity contribution in [3.63, 3.8) is 0 Å². The number of carbonyl (C=O) groups excluding carboxylic acids is 4. The van der Waals surface area contributed by atoms with Gasteiger partial charge in [-0.05, 0) is 31.9 Å². The predicted molar refractivity (Wildman–Crippen MR) is 128 cm³/mol. The number of esters is 2. The number of hydrogen-bond acceptors (Lipinski definition) is 7. The Morgan fingerprint density at radius 2 is 1.37 bits per heavy atom. The SMILES string of the molecule is COC(=O)[C@@H](CC(=O)N[C@@H](Cc1ccccc1)C(=O)OC(C)(C)C)NC(=O)OCc1ccccc1. The molecule has 0 saturated heterocycles. The van der Waals surface area contributed by atoms with Gasteiger partial charge in [-0.2, -0.15) is 0 Å². The third kappa shape index (κ3) is 10.3. The number of amides is 2. The van der Waals surface area contributed by atoms with Crippen LogP contribution in [0.25, 0.3) is 0 Å². The summed E-state index contributed by atoms with van der Waals surface area (Å²) in [5.74, 6) is -2.08. The van der Waals surface area contributed by atoms with Gasteiger partial charge in [-0.25, -0.2) is 14.4 Å². The summed E-state index contributed by atoms with van der Waals surface area (Å²) in [6.45, 7) is 5.17. The minimum Gasteiger partial charge on any atom is -0.467 e. The molecule has 0 unspecified atom stereocenters. The molecule has 2 aromatic carbocycles. The zero-order valence-corrected chi connectivity index (χ0v) is 20.4. The fraction of sp³-hybridized carbons (Fsp3) is 0.385. The minimum atomic E-state index is -1.31. The lowest BCUT2D eigenvalue weighted by molar-refractivity contribution is -0.158. The molecule has 0 spiro atoms. The van der Waals surface area contributed by atoms with Crippen molar-refractivity contribution in [2.24, 2.45) is 0 Å². The molecule has 0 aliphatic heterocycles. The third-order valence-corrected chi connectivity index (χ3v) is 4.69. The number of nitrogens with one attached hydrogen (secondary N) is 2. The Bertz CT molecular complexity index is 988. The van der Waals surface area contributed by atoms with Gasteiger partial charge in [-0.1, -0.05) is 60.7 Å². The molecule has 2 amide bonds. The maximum atomic E-state index is 12.8. The van der Waals surface area contributed by atoms with E-state index in [1.54, 1.807) is 45.0 Å². The standard InChI is InChI=1S/C26H32N2O7/c1-26(2,3)35-24(31)20(15-18-11-7-5-8-12-18)27-22(29)16-21(23(30)33-4)28-25(32)34-17-19-13-9-6-10-14-19/h5-14,20-21H,15-17H2,1-4H3,(H,27,29)(H,28,32)/t20-,21+/m0/s1. The van der Waals surface area contributed by atoms with Crippen LogP contribution in [-0.2, 0) is 41.6 Å². The zero-order valence-electron chi connectivity index (χ0n) is 20.4. The second-order valence-electron chi connectivity index (χ2n) is 8.83. The lowest BCUT2D eigenvalue weighted by Gasteiger charge is -2.25. The number of ether oxygens (including phenoxy) is 3. The van der Waals surface area contributed by atoms with Crippen molar-refractivity contribution in [1.82, 2.24) is 10.6 Å². The number of hydrogen-bond donors (Lipinski definition) is 2. The first-order valence-electron chi connectivity index (χ1n) is 11.2. The summed E-state index contributed by atoms with van der Waals surface area (Å²) in [5, 5.41) is 4.96. The van der Waals surface area contributed by atoms with Gasteiger partial charge >= 0.3 is 18.0 Å². The van der Waals surface area contributed by atoms with E-state index in [9.17, 15) is 19.2 Å². The van der Waals surface area contributed by atoms with E-state index < -0.39 is 48.0 Å². The topological polar surface area (TPSA) is 120 Å². The molecule has 2 atom stereocenters. The zero-order chi connectivity index (χ0) is 25.8. The second-order valence-corrected chi connectivity index (χ2v) is 8.83. The first-order chi connectivity index (χ1) is 16.6. The van der Waals surface area contributed by atoms with E-state index in [-0.39, 0.29) is 13.0 Å². The van der Waals surface area contributed by atoms with E-state index in [4.69, 9.17) is 14.2 Å². The van der Waals surface area contributed by atoms with Gasteiger partial charge in [0.2, 0.25) is 5.91 Å². The van der Waals surface area contributed by atoms with Crippen molar-refractivity contribution in [2.45, 2.75) is 57.9 Å². The van der Waals surface area contributed by atoms with E-state index >= 15 is 0 Å². The van der Waals surface area contributed by atoms with Gasteiger partial charge in [0.05, 0.1) is 13.5 Å². The number of methoxy groups -OCH3 is 1. The Morgan fingerprint density at radius 3 is 1.91 bits per heavy atom. The number of rotatable bonds is 10. The van der Waals surface area contributed by atoms with Gasteiger partial charge in [0.15, 0.2) is 0 Å². The lowest BCUT2D eigenvalue weighted by atomic mass is 10.0. The van der Waals surface area contributed by atoms with Crippen molar-refractivity contribution in [3.05, 3.63) is 71.8 Å². The molecular weight excluding hydrogens is 452 g/mol. The fourth-order valence-corrected chi connectivity index (χ4v) is 3.10. The van der Waals surface area contributed by atoms with Crippen molar-refractivity contribution < 1.29 is 33.4 Å². The van der Waals surface area contributed by atoms with E-state index in [2.05, 4.69) is 10.6 Å². The van der Waals surface area contributed by atoms with Gasteiger partial charge in [0.1, 0.15) is 24.3 Å². The Morgan fingerprint density at radius 1 is 0.800 bits per heavy atom. The Balaban J connectivity index is 2.04. The molecular formula is C26H32N2O7. The molecule has 0 saturated carbocycles. The fourth-order valence-electron chi connectivity index (χ4n) is 3.10. The van der Waals surface area contributed by atoms with Crippen LogP contribution >= 0.6 is 0 Å². The van der Waals surface area contributed by atoms with Crippen molar-refractivity contribution >= 4 is 23.9 Å². The summed E-state index contributed by atoms with van der Waals surface area (Å²) in [4.78, 5) is 49.9. The lowest BCUT2D eigenvalue weighted by Crippen LogP contribution is -2.49. The molecule has 188 valence electrons.